The second-order valence-electron chi connectivity index (χ2n) is 4.20. The summed E-state index contributed by atoms with van der Waals surface area (Å²) in [6, 6.07) is 9.29. The van der Waals surface area contributed by atoms with E-state index in [0.29, 0.717) is 16.1 Å². The van der Waals surface area contributed by atoms with Crippen LogP contribution in [0.5, 0.6) is 0 Å². The molecule has 0 aliphatic rings. The Labute approximate surface area is 136 Å². The van der Waals surface area contributed by atoms with Crippen LogP contribution in [0.2, 0.25) is 5.02 Å². The molecule has 2 aromatic carbocycles. The van der Waals surface area contributed by atoms with Gasteiger partial charge in [-0.2, -0.15) is 0 Å². The number of hydrogen-bond acceptors (Lipinski definition) is 4. The third kappa shape index (κ3) is 3.81. The van der Waals surface area contributed by atoms with Crippen LogP contribution in [0.25, 0.3) is 0 Å². The van der Waals surface area contributed by atoms with Gasteiger partial charge in [-0.05, 0) is 30.3 Å². The molecule has 0 fully saturated rings. The number of benzene rings is 2. The van der Waals surface area contributed by atoms with Crippen molar-refractivity contribution in [2.45, 2.75) is 10.6 Å². The molecule has 0 aliphatic heterocycles. The first-order valence-corrected chi connectivity index (χ1v) is 8.23. The van der Waals surface area contributed by atoms with Crippen LogP contribution in [0, 0.1) is 10.1 Å². The summed E-state index contributed by atoms with van der Waals surface area (Å²) in [5, 5.41) is 11.3. The lowest BCUT2D eigenvalue weighted by molar-refractivity contribution is -0.385. The number of hydrogen-bond donors (Lipinski definition) is 1. The molecule has 0 bridgehead atoms. The minimum absolute atomic E-state index is 0.000680. The fourth-order valence-electron chi connectivity index (χ4n) is 1.77. The molecule has 0 heterocycles. The van der Waals surface area contributed by atoms with Gasteiger partial charge in [-0.3, -0.25) is 14.3 Å². The Bertz CT molecular complexity index is 739. The molecule has 8 heteroatoms. The van der Waals surface area contributed by atoms with Crippen molar-refractivity contribution in [3.8, 4) is 0 Å². The Morgan fingerprint density at radius 3 is 2.62 bits per heavy atom. The van der Waals surface area contributed by atoms with Crippen LogP contribution in [0.1, 0.15) is 5.56 Å². The number of rotatable bonds is 4. The number of nitrogens with zero attached hydrogens (tertiary/aromatic N) is 1. The maximum absolute atomic E-state index is 12.4. The normalized spacial score (nSPS) is 12.1. The van der Waals surface area contributed by atoms with Crippen LogP contribution in [0.15, 0.2) is 45.8 Å². The summed E-state index contributed by atoms with van der Waals surface area (Å²) in [6.45, 7) is 0. The number of halogens is 2. The van der Waals surface area contributed by atoms with E-state index < -0.39 is 15.7 Å². The van der Waals surface area contributed by atoms with Gasteiger partial charge >= 0.3 is 0 Å². The molecule has 1 atom stereocenters. The van der Waals surface area contributed by atoms with Gasteiger partial charge in [0.1, 0.15) is 0 Å². The molecule has 0 aromatic heterocycles. The number of nitro groups is 1. The number of nitrogen functional groups attached to an aromatic ring is 1. The zero-order chi connectivity index (χ0) is 15.6. The molecule has 0 saturated carbocycles. The first-order valence-electron chi connectivity index (χ1n) is 5.74. The summed E-state index contributed by atoms with van der Waals surface area (Å²) >= 11 is 9.02. The average molecular weight is 390 g/mol. The van der Waals surface area contributed by atoms with E-state index in [0.717, 1.165) is 4.47 Å². The lowest BCUT2D eigenvalue weighted by atomic mass is 10.2. The quantitative estimate of drug-likeness (QED) is 0.488. The van der Waals surface area contributed by atoms with Gasteiger partial charge in [-0.1, -0.05) is 27.5 Å². The lowest BCUT2D eigenvalue weighted by Crippen LogP contribution is -2.03. The van der Waals surface area contributed by atoms with Crippen LogP contribution >= 0.6 is 27.5 Å². The van der Waals surface area contributed by atoms with E-state index in [9.17, 15) is 14.3 Å². The fraction of sp³-hybridized carbons (Fsp3) is 0.0769. The standard InChI is InChI=1S/C13H10BrClN2O3S/c14-9-2-4-13(11(16)5-9)21(20)7-8-1-3-10(15)6-12(8)17(18)19/h1-6H,7,16H2. The molecule has 0 amide bonds. The first-order chi connectivity index (χ1) is 9.88. The summed E-state index contributed by atoms with van der Waals surface area (Å²) in [6.07, 6.45) is 0. The van der Waals surface area contributed by atoms with Crippen molar-refractivity contribution in [3.63, 3.8) is 0 Å². The second kappa shape index (κ2) is 6.55. The molecule has 110 valence electrons. The highest BCUT2D eigenvalue weighted by Gasteiger charge is 2.18. The fourth-order valence-corrected chi connectivity index (χ4v) is 3.54. The van der Waals surface area contributed by atoms with Crippen molar-refractivity contribution in [2.75, 3.05) is 5.73 Å². The molecule has 21 heavy (non-hydrogen) atoms. The predicted octanol–water partition coefficient (Wildman–Crippen LogP) is 3.90. The van der Waals surface area contributed by atoms with Crippen molar-refractivity contribution in [2.24, 2.45) is 0 Å². The van der Waals surface area contributed by atoms with E-state index in [1.807, 2.05) is 0 Å². The van der Waals surface area contributed by atoms with Gasteiger partial charge in [-0.15, -0.1) is 0 Å². The summed E-state index contributed by atoms with van der Waals surface area (Å²) < 4.78 is 13.1. The maximum Gasteiger partial charge on any atom is 0.275 e. The number of anilines is 1. The highest BCUT2D eigenvalue weighted by Crippen LogP contribution is 2.28. The zero-order valence-corrected chi connectivity index (χ0v) is 13.7. The van der Waals surface area contributed by atoms with Crippen LogP contribution < -0.4 is 5.73 Å². The highest BCUT2D eigenvalue weighted by molar-refractivity contribution is 9.10. The van der Waals surface area contributed by atoms with E-state index in [-0.39, 0.29) is 16.5 Å². The smallest absolute Gasteiger partial charge is 0.275 e. The Morgan fingerprint density at radius 2 is 2.00 bits per heavy atom. The van der Waals surface area contributed by atoms with Crippen LogP contribution in [-0.2, 0) is 16.6 Å². The molecule has 2 N–H and O–H groups in total. The van der Waals surface area contributed by atoms with Crippen LogP contribution in [0.4, 0.5) is 11.4 Å². The molecule has 0 saturated heterocycles. The third-order valence-electron chi connectivity index (χ3n) is 2.75. The van der Waals surface area contributed by atoms with Crippen LogP contribution in [-0.4, -0.2) is 9.13 Å². The minimum atomic E-state index is -1.48. The molecule has 0 radical (unpaired) electrons. The average Bonchev–Trinajstić information content (AvgIpc) is 2.40. The second-order valence-corrected chi connectivity index (χ2v) is 6.97. The zero-order valence-electron chi connectivity index (χ0n) is 10.6. The van der Waals surface area contributed by atoms with Gasteiger partial charge < -0.3 is 5.73 Å². The molecular weight excluding hydrogens is 380 g/mol. The topological polar surface area (TPSA) is 86.2 Å². The lowest BCUT2D eigenvalue weighted by Gasteiger charge is -2.07. The summed E-state index contributed by atoms with van der Waals surface area (Å²) in [5.41, 5.74) is 6.40. The van der Waals surface area contributed by atoms with Gasteiger partial charge in [0.15, 0.2) is 0 Å². The monoisotopic (exact) mass is 388 g/mol. The first kappa shape index (κ1) is 15.9. The third-order valence-corrected chi connectivity index (χ3v) is 4.91. The van der Waals surface area contributed by atoms with Crippen LogP contribution in [0.3, 0.4) is 0 Å². The van der Waals surface area contributed by atoms with Gasteiger partial charge in [0.2, 0.25) is 0 Å². The van der Waals surface area contributed by atoms with E-state index in [2.05, 4.69) is 15.9 Å². The largest absolute Gasteiger partial charge is 0.398 e. The summed E-state index contributed by atoms with van der Waals surface area (Å²) in [7, 11) is -1.48. The Balaban J connectivity index is 2.34. The van der Waals surface area contributed by atoms with Crippen molar-refractivity contribution in [1.82, 2.24) is 0 Å². The molecule has 2 rings (SSSR count). The molecule has 1 unspecified atom stereocenters. The number of nitro benzene ring substituents is 1. The van der Waals surface area contributed by atoms with Crippen molar-refractivity contribution < 1.29 is 9.13 Å². The van der Waals surface area contributed by atoms with Gasteiger partial charge in [0.25, 0.3) is 5.69 Å². The Hall–Kier alpha value is -1.44. The Morgan fingerprint density at radius 1 is 1.29 bits per heavy atom. The molecular formula is C13H10BrClN2O3S. The number of nitrogens with two attached hydrogens (primary N) is 1. The van der Waals surface area contributed by atoms with Crippen molar-refractivity contribution >= 4 is 49.7 Å². The predicted molar refractivity (Wildman–Crippen MR) is 86.8 cm³/mol. The Kier molecular flexibility index (Phi) is 4.97. The SMILES string of the molecule is Nc1cc(Br)ccc1S(=O)Cc1ccc(Cl)cc1[N+](=O)[O-]. The maximum atomic E-state index is 12.4. The van der Waals surface area contributed by atoms with Gasteiger partial charge in [0, 0.05) is 26.8 Å². The molecule has 0 aliphatic carbocycles. The minimum Gasteiger partial charge on any atom is -0.398 e. The molecule has 2 aromatic rings. The molecule has 0 spiro atoms. The van der Waals surface area contributed by atoms with Gasteiger partial charge in [0.05, 0.1) is 26.4 Å². The van der Waals surface area contributed by atoms with Crippen molar-refractivity contribution in [1.29, 1.82) is 0 Å². The van der Waals surface area contributed by atoms with Crippen molar-refractivity contribution in [3.05, 3.63) is 61.6 Å². The highest BCUT2D eigenvalue weighted by atomic mass is 79.9. The molecule has 5 nitrogen and oxygen atoms in total. The van der Waals surface area contributed by atoms with Gasteiger partial charge in [-0.25, -0.2) is 0 Å². The van der Waals surface area contributed by atoms with E-state index in [4.69, 9.17) is 17.3 Å². The van der Waals surface area contributed by atoms with E-state index >= 15 is 0 Å². The van der Waals surface area contributed by atoms with E-state index in [1.54, 1.807) is 18.2 Å². The van der Waals surface area contributed by atoms with E-state index in [1.165, 1.54) is 18.2 Å². The summed E-state index contributed by atoms with van der Waals surface area (Å²) in [5.74, 6) is -0.000680. The summed E-state index contributed by atoms with van der Waals surface area (Å²) in [4.78, 5) is 10.9.